The van der Waals surface area contributed by atoms with Crippen LogP contribution < -0.4 is 20.1 Å². The van der Waals surface area contributed by atoms with Gasteiger partial charge in [-0.25, -0.2) is 0 Å². The molecule has 2 amide bonds. The summed E-state index contributed by atoms with van der Waals surface area (Å²) in [5, 5.41) is 44.1. The summed E-state index contributed by atoms with van der Waals surface area (Å²) >= 11 is 3.87. The van der Waals surface area contributed by atoms with Crippen LogP contribution in [0.3, 0.4) is 0 Å². The van der Waals surface area contributed by atoms with Crippen LogP contribution in [0.2, 0.25) is 0 Å². The van der Waals surface area contributed by atoms with Crippen molar-refractivity contribution in [1.82, 2.24) is 15.5 Å². The number of phenols is 3. The summed E-state index contributed by atoms with van der Waals surface area (Å²) < 4.78 is 16.9. The van der Waals surface area contributed by atoms with Gasteiger partial charge in [-0.15, -0.1) is 22.0 Å². The summed E-state index contributed by atoms with van der Waals surface area (Å²) in [5.41, 5.74) is 4.26. The minimum Gasteiger partial charge on any atom is -0.508 e. The summed E-state index contributed by atoms with van der Waals surface area (Å²) in [6.45, 7) is 9.30. The van der Waals surface area contributed by atoms with E-state index in [9.17, 15) is 29.7 Å². The van der Waals surface area contributed by atoms with E-state index >= 15 is 0 Å². The van der Waals surface area contributed by atoms with Crippen molar-refractivity contribution in [1.29, 1.82) is 0 Å². The van der Waals surface area contributed by atoms with Gasteiger partial charge >= 0.3 is 5.97 Å². The van der Waals surface area contributed by atoms with Crippen molar-refractivity contribution < 1.29 is 43.9 Å². The zero-order valence-electron chi connectivity index (χ0n) is 28.7. The van der Waals surface area contributed by atoms with Crippen molar-refractivity contribution in [2.75, 3.05) is 31.8 Å². The lowest BCUT2D eigenvalue weighted by Crippen LogP contribution is -2.24. The first-order valence-corrected chi connectivity index (χ1v) is 18.2. The molecule has 0 aliphatic carbocycles. The average molecular weight is 745 g/mol. The number of carbonyl (C=O) groups is 3. The highest BCUT2D eigenvalue weighted by Crippen LogP contribution is 2.47. The van der Waals surface area contributed by atoms with Gasteiger partial charge in [0, 0.05) is 12.6 Å². The molecule has 0 aliphatic heterocycles. The molecule has 4 aromatic rings. The summed E-state index contributed by atoms with van der Waals surface area (Å²) in [5.74, 6) is -1.90. The Morgan fingerprint density at radius 2 is 1.72 bits per heavy atom. The molecule has 50 heavy (non-hydrogen) atoms. The van der Waals surface area contributed by atoms with Crippen LogP contribution in [0.25, 0.3) is 0 Å². The fourth-order valence-corrected chi connectivity index (χ4v) is 6.56. The number of amides is 2. The first-order valence-electron chi connectivity index (χ1n) is 15.2. The molecule has 0 saturated heterocycles. The van der Waals surface area contributed by atoms with E-state index in [4.69, 9.17) is 9.47 Å². The number of aromatic hydroxyl groups is 3. The predicted octanol–water partition coefficient (Wildman–Crippen LogP) is 6.59. The average Bonchev–Trinajstić information content (AvgIpc) is 3.60. The number of nitrogens with one attached hydrogen (secondary N) is 2. The Morgan fingerprint density at radius 1 is 0.980 bits per heavy atom. The first kappa shape index (κ1) is 39.8. The van der Waals surface area contributed by atoms with Gasteiger partial charge < -0.3 is 40.2 Å². The van der Waals surface area contributed by atoms with E-state index in [-0.39, 0.29) is 51.2 Å². The van der Waals surface area contributed by atoms with Crippen LogP contribution in [0.1, 0.15) is 47.3 Å². The van der Waals surface area contributed by atoms with Crippen molar-refractivity contribution >= 4 is 58.3 Å². The normalized spacial score (nSPS) is 11.1. The van der Waals surface area contributed by atoms with Gasteiger partial charge in [-0.1, -0.05) is 47.7 Å². The number of ether oxygens (including phenoxy) is 3. The Morgan fingerprint density at radius 3 is 2.34 bits per heavy atom. The fraction of sp³-hybridized carbons (Fsp3) is 0.324. The van der Waals surface area contributed by atoms with E-state index in [2.05, 4.69) is 25.6 Å². The highest BCUT2D eigenvalue weighted by molar-refractivity contribution is 8.02. The molecule has 5 N–H and O–H groups in total. The lowest BCUT2D eigenvalue weighted by molar-refractivity contribution is -0.139. The molecule has 1 atom stereocenters. The molecule has 4 rings (SSSR count). The van der Waals surface area contributed by atoms with E-state index in [1.165, 1.54) is 48.4 Å². The third kappa shape index (κ3) is 10.9. The van der Waals surface area contributed by atoms with Gasteiger partial charge in [0.1, 0.15) is 22.3 Å². The third-order valence-corrected chi connectivity index (χ3v) is 9.52. The quantitative estimate of drug-likeness (QED) is 0.0561. The Labute approximate surface area is 302 Å². The van der Waals surface area contributed by atoms with Gasteiger partial charge in [0.15, 0.2) is 28.2 Å². The maximum atomic E-state index is 12.7. The molecule has 3 aromatic carbocycles. The number of rotatable bonds is 13. The topological polar surface area (TPSA) is 189 Å². The van der Waals surface area contributed by atoms with Gasteiger partial charge in [-0.3, -0.25) is 14.4 Å². The van der Waals surface area contributed by atoms with Crippen LogP contribution in [0.15, 0.2) is 51.1 Å². The predicted molar refractivity (Wildman–Crippen MR) is 194 cm³/mol. The number of methoxy groups -OCH3 is 1. The maximum Gasteiger partial charge on any atom is 0.318 e. The Kier molecular flexibility index (Phi) is 15.0. The second kappa shape index (κ2) is 18.9. The van der Waals surface area contributed by atoms with E-state index in [1.54, 1.807) is 31.7 Å². The molecule has 268 valence electrons. The smallest absolute Gasteiger partial charge is 0.318 e. The third-order valence-electron chi connectivity index (χ3n) is 6.81. The second-order valence-corrected chi connectivity index (χ2v) is 14.0. The monoisotopic (exact) mass is 744 g/mol. The number of hydrogen-bond donors (Lipinski definition) is 5. The Balaban J connectivity index is 0.000000474. The molecule has 0 fully saturated rings. The van der Waals surface area contributed by atoms with Crippen molar-refractivity contribution in [3.63, 3.8) is 0 Å². The number of thioether (sulfide) groups is 2. The van der Waals surface area contributed by atoms with Crippen LogP contribution in [0.5, 0.6) is 34.5 Å². The summed E-state index contributed by atoms with van der Waals surface area (Å²) in [4.78, 5) is 36.6. The lowest BCUT2D eigenvalue weighted by atomic mass is 10.1. The number of aryl methyl sites for hydroxylation is 3. The summed E-state index contributed by atoms with van der Waals surface area (Å²) in [6, 6.07) is 9.70. The highest BCUT2D eigenvalue weighted by atomic mass is 32.2. The van der Waals surface area contributed by atoms with Crippen LogP contribution in [-0.2, 0) is 14.3 Å². The molecule has 1 heterocycles. The summed E-state index contributed by atoms with van der Waals surface area (Å²) in [7, 11) is 1.37. The van der Waals surface area contributed by atoms with Gasteiger partial charge in [0.25, 0.3) is 11.8 Å². The van der Waals surface area contributed by atoms with E-state index < -0.39 is 23.3 Å². The Bertz CT molecular complexity index is 1800. The van der Waals surface area contributed by atoms with Crippen molar-refractivity contribution in [3.8, 4) is 34.5 Å². The van der Waals surface area contributed by atoms with Gasteiger partial charge in [-0.05, 0) is 69.7 Å². The van der Waals surface area contributed by atoms with E-state index in [1.807, 2.05) is 32.9 Å². The number of hydrogen-bond acceptors (Lipinski definition) is 14. The molecule has 0 spiro atoms. The van der Waals surface area contributed by atoms with Gasteiger partial charge in [0.2, 0.25) is 5.75 Å². The standard InChI is InChI=1S/C28H32N2O7S.C6H8N2O2S2/c1-6-9-29-28(35)18-12-23(25(33)26(34)27(18)38-5)37-22-11-16(3)20(31)13-19(22)30-24(32)14-36-21-8-7-15(2)10-17(21)4;1-4(5(9)10-2)12-6-8-7-3-11-6/h7-8,10-13,31,33-34H,6,9,14H2,1-5H3,(H,29,35)(H,30,32);3-4H,1-2H3. The van der Waals surface area contributed by atoms with E-state index in [0.29, 0.717) is 17.9 Å². The van der Waals surface area contributed by atoms with E-state index in [0.717, 1.165) is 33.6 Å². The highest BCUT2D eigenvalue weighted by Gasteiger charge is 2.24. The number of benzene rings is 3. The number of nitrogens with zero attached hydrogens (tertiary/aromatic N) is 2. The van der Waals surface area contributed by atoms with Crippen molar-refractivity contribution in [3.05, 3.63) is 64.2 Å². The molecule has 1 unspecified atom stereocenters. The number of aromatic nitrogens is 2. The van der Waals surface area contributed by atoms with Gasteiger partial charge in [0.05, 0.1) is 23.3 Å². The molecule has 0 saturated carbocycles. The molecule has 0 bridgehead atoms. The minimum atomic E-state index is -0.567. The zero-order valence-corrected chi connectivity index (χ0v) is 31.1. The van der Waals surface area contributed by atoms with Crippen molar-refractivity contribution in [2.24, 2.45) is 0 Å². The first-order chi connectivity index (χ1) is 23.8. The second-order valence-electron chi connectivity index (χ2n) is 10.7. The van der Waals surface area contributed by atoms with Crippen LogP contribution in [-0.4, -0.2) is 75.1 Å². The molecular formula is C34H40N4O9S3. The fourth-order valence-electron chi connectivity index (χ4n) is 4.24. The maximum absolute atomic E-state index is 12.7. The van der Waals surface area contributed by atoms with Crippen LogP contribution in [0, 0.1) is 20.8 Å². The molecular weight excluding hydrogens is 705 g/mol. The van der Waals surface area contributed by atoms with Crippen molar-refractivity contribution in [2.45, 2.75) is 55.5 Å². The summed E-state index contributed by atoms with van der Waals surface area (Å²) in [6.07, 6.45) is 2.39. The largest absolute Gasteiger partial charge is 0.508 e. The molecule has 16 heteroatoms. The zero-order chi connectivity index (χ0) is 37.0. The lowest BCUT2D eigenvalue weighted by Gasteiger charge is -2.18. The SMILES string of the molecule is CCCNC(=O)c1cc(Oc2cc(C)c(O)cc2NC(=O)COc2ccc(C)cc2C)c(O)c(O)c1SC.COC(=O)C(C)Sc1nncs1. The minimum absolute atomic E-state index is 0.0756. The van der Waals surface area contributed by atoms with Gasteiger partial charge in [-0.2, -0.15) is 0 Å². The number of anilines is 1. The number of esters is 1. The molecule has 13 nitrogen and oxygen atoms in total. The number of carbonyl (C=O) groups excluding carboxylic acids is 3. The van der Waals surface area contributed by atoms with Crippen LogP contribution >= 0.6 is 34.9 Å². The molecule has 0 radical (unpaired) electrons. The number of phenolic OH excluding ortho intramolecular Hbond substituents is 3. The molecule has 1 aromatic heterocycles. The molecule has 0 aliphatic rings. The van der Waals surface area contributed by atoms with Crippen LogP contribution in [0.4, 0.5) is 5.69 Å². The Hall–Kier alpha value is -4.67.